The number of carbonyl (C=O) groups is 1. The van der Waals surface area contributed by atoms with Gasteiger partial charge < -0.3 is 20.8 Å². The molecule has 0 saturated carbocycles. The largest absolute Gasteiger partial charge is 0.374 e. The van der Waals surface area contributed by atoms with Crippen LogP contribution in [-0.2, 0) is 16.1 Å². The molecule has 8 heteroatoms. The Balaban J connectivity index is 2.10. The summed E-state index contributed by atoms with van der Waals surface area (Å²) in [5.41, 5.74) is 7.89. The van der Waals surface area contributed by atoms with Crippen LogP contribution in [0.2, 0.25) is 0 Å². The smallest absolute Gasteiger partial charge is 0.220 e. The van der Waals surface area contributed by atoms with E-state index in [4.69, 9.17) is 16.3 Å². The van der Waals surface area contributed by atoms with Crippen LogP contribution in [0.15, 0.2) is 6.07 Å². The van der Waals surface area contributed by atoms with Gasteiger partial charge in [-0.05, 0) is 19.8 Å². The van der Waals surface area contributed by atoms with Crippen molar-refractivity contribution >= 4 is 17.5 Å². The number of nitrogens with two attached hydrogens (primary N) is 2. The maximum atomic E-state index is 11.2. The van der Waals surface area contributed by atoms with Gasteiger partial charge in [-0.15, -0.1) is 0 Å². The first kappa shape index (κ1) is 15.5. The molecule has 1 aromatic rings. The molecule has 1 fully saturated rings. The minimum atomic E-state index is -0.223. The minimum Gasteiger partial charge on any atom is -0.374 e. The van der Waals surface area contributed by atoms with Crippen molar-refractivity contribution in [3.63, 3.8) is 0 Å². The number of hydrazine groups is 1. The Hall–Kier alpha value is -1.93. The molecule has 1 aliphatic heterocycles. The van der Waals surface area contributed by atoms with Crippen molar-refractivity contribution in [1.29, 1.82) is 0 Å². The molecular formula is C13H22N6O2. The molecule has 0 radical (unpaired) electrons. The fourth-order valence-corrected chi connectivity index (χ4v) is 2.37. The molecule has 1 saturated heterocycles. The molecule has 116 valence electrons. The fourth-order valence-electron chi connectivity index (χ4n) is 2.37. The lowest BCUT2D eigenvalue weighted by molar-refractivity contribution is -0.122. The molecule has 1 aliphatic rings. The third-order valence-electron chi connectivity index (χ3n) is 3.56. The van der Waals surface area contributed by atoms with Crippen molar-refractivity contribution in [2.45, 2.75) is 26.4 Å². The third kappa shape index (κ3) is 4.02. The van der Waals surface area contributed by atoms with Gasteiger partial charge in [0.25, 0.3) is 0 Å². The molecule has 1 aromatic heterocycles. The summed E-state index contributed by atoms with van der Waals surface area (Å²) in [6.45, 7) is 4.34. The van der Waals surface area contributed by atoms with Crippen molar-refractivity contribution in [2.75, 3.05) is 30.0 Å². The maximum absolute atomic E-state index is 11.2. The molecule has 0 aliphatic carbocycles. The molecule has 8 nitrogen and oxygen atoms in total. The van der Waals surface area contributed by atoms with E-state index < -0.39 is 0 Å². The summed E-state index contributed by atoms with van der Waals surface area (Å²) in [6, 6.07) is 1.79. The van der Waals surface area contributed by atoms with Crippen molar-refractivity contribution in [3.8, 4) is 0 Å². The number of ether oxygens (including phenoxy) is 1. The Kier molecular flexibility index (Phi) is 5.29. The molecule has 2 heterocycles. The van der Waals surface area contributed by atoms with E-state index in [1.165, 1.54) is 0 Å². The summed E-state index contributed by atoms with van der Waals surface area (Å²) >= 11 is 0. The molecular weight excluding hydrogens is 272 g/mol. The second kappa shape index (κ2) is 7.19. The molecule has 5 N–H and O–H groups in total. The molecule has 0 unspecified atom stereocenters. The predicted molar refractivity (Wildman–Crippen MR) is 79.3 cm³/mol. The number of nitrogen functional groups attached to an aromatic ring is 1. The summed E-state index contributed by atoms with van der Waals surface area (Å²) in [5.74, 6) is 7.10. The van der Waals surface area contributed by atoms with Crippen molar-refractivity contribution in [1.82, 2.24) is 9.97 Å². The van der Waals surface area contributed by atoms with Gasteiger partial charge >= 0.3 is 0 Å². The highest BCUT2D eigenvalue weighted by atomic mass is 16.5. The highest BCUT2D eigenvalue weighted by Crippen LogP contribution is 2.23. The first-order valence-electron chi connectivity index (χ1n) is 7.10. The van der Waals surface area contributed by atoms with Gasteiger partial charge in [0, 0.05) is 31.7 Å². The van der Waals surface area contributed by atoms with Crippen molar-refractivity contribution < 1.29 is 9.53 Å². The lowest BCUT2D eigenvalue weighted by Crippen LogP contribution is -2.39. The second-order valence-corrected chi connectivity index (χ2v) is 4.97. The third-order valence-corrected chi connectivity index (χ3v) is 3.56. The first-order valence-corrected chi connectivity index (χ1v) is 7.10. The summed E-state index contributed by atoms with van der Waals surface area (Å²) in [5, 5.41) is 0. The Labute approximate surface area is 123 Å². The van der Waals surface area contributed by atoms with E-state index in [-0.39, 0.29) is 11.8 Å². The Morgan fingerprint density at radius 1 is 1.48 bits per heavy atom. The number of nitrogens with one attached hydrogen (secondary N) is 1. The van der Waals surface area contributed by atoms with Crippen LogP contribution in [0.3, 0.4) is 0 Å². The second-order valence-electron chi connectivity index (χ2n) is 4.97. The highest BCUT2D eigenvalue weighted by Gasteiger charge is 2.24. The molecule has 2 rings (SSSR count). The first-order chi connectivity index (χ1) is 10.1. The molecule has 21 heavy (non-hydrogen) atoms. The van der Waals surface area contributed by atoms with Gasteiger partial charge in [0.05, 0.1) is 0 Å². The lowest BCUT2D eigenvalue weighted by Gasteiger charge is -2.31. The number of aromatic nitrogens is 2. The topological polar surface area (TPSA) is 119 Å². The van der Waals surface area contributed by atoms with E-state index in [0.717, 1.165) is 31.7 Å². The number of anilines is 2. The van der Waals surface area contributed by atoms with Crippen LogP contribution in [0.5, 0.6) is 0 Å². The van der Waals surface area contributed by atoms with Crippen molar-refractivity contribution in [3.05, 3.63) is 11.9 Å². The number of nitrogens with zero attached hydrogens (tertiary/aromatic N) is 3. The Morgan fingerprint density at radius 3 is 2.76 bits per heavy atom. The van der Waals surface area contributed by atoms with E-state index in [1.807, 2.05) is 6.92 Å². The summed E-state index contributed by atoms with van der Waals surface area (Å²) < 4.78 is 5.34. The summed E-state index contributed by atoms with van der Waals surface area (Å²) in [4.78, 5) is 22.1. The van der Waals surface area contributed by atoms with E-state index >= 15 is 0 Å². The molecule has 0 aromatic carbocycles. The minimum absolute atomic E-state index is 0.0434. The van der Waals surface area contributed by atoms with Gasteiger partial charge in [-0.1, -0.05) is 0 Å². The molecule has 0 spiro atoms. The number of piperidine rings is 1. The molecule has 1 amide bonds. The zero-order valence-electron chi connectivity index (χ0n) is 12.2. The maximum Gasteiger partial charge on any atom is 0.220 e. The van der Waals surface area contributed by atoms with E-state index in [9.17, 15) is 4.79 Å². The lowest BCUT2D eigenvalue weighted by atomic mass is 9.96. The number of hydrogen-bond acceptors (Lipinski definition) is 7. The average Bonchev–Trinajstić information content (AvgIpc) is 2.52. The highest BCUT2D eigenvalue weighted by molar-refractivity contribution is 5.77. The summed E-state index contributed by atoms with van der Waals surface area (Å²) in [7, 11) is 0. The number of amides is 1. The van der Waals surface area contributed by atoms with Gasteiger partial charge in [0.2, 0.25) is 5.91 Å². The quantitative estimate of drug-likeness (QED) is 0.499. The Morgan fingerprint density at radius 2 is 2.19 bits per heavy atom. The van der Waals surface area contributed by atoms with Crippen LogP contribution >= 0.6 is 0 Å². The Bertz CT molecular complexity index is 488. The SMILES string of the molecule is CCOCc1nc(NN)cc(N2CCC(C(N)=O)CC2)n1. The van der Waals surface area contributed by atoms with Gasteiger partial charge in [0.1, 0.15) is 18.2 Å². The van der Waals surface area contributed by atoms with Gasteiger partial charge in [-0.2, -0.15) is 0 Å². The van der Waals surface area contributed by atoms with Crippen LogP contribution in [0, 0.1) is 5.92 Å². The number of hydrogen-bond donors (Lipinski definition) is 3. The zero-order chi connectivity index (χ0) is 15.2. The number of primary amides is 1. The molecule has 0 bridgehead atoms. The average molecular weight is 294 g/mol. The normalized spacial score (nSPS) is 16.0. The van der Waals surface area contributed by atoms with Gasteiger partial charge in [0.15, 0.2) is 5.82 Å². The summed E-state index contributed by atoms with van der Waals surface area (Å²) in [6.07, 6.45) is 1.48. The van der Waals surface area contributed by atoms with Crippen LogP contribution in [-0.4, -0.2) is 35.6 Å². The monoisotopic (exact) mass is 294 g/mol. The van der Waals surface area contributed by atoms with Gasteiger partial charge in [-0.25, -0.2) is 15.8 Å². The zero-order valence-corrected chi connectivity index (χ0v) is 12.2. The number of carbonyl (C=O) groups excluding carboxylic acids is 1. The fraction of sp³-hybridized carbons (Fsp3) is 0.615. The molecule has 0 atom stereocenters. The predicted octanol–water partition coefficient (Wildman–Crippen LogP) is 0.000400. The van der Waals surface area contributed by atoms with Crippen LogP contribution in [0.1, 0.15) is 25.6 Å². The van der Waals surface area contributed by atoms with E-state index in [2.05, 4.69) is 20.3 Å². The van der Waals surface area contributed by atoms with Crippen LogP contribution in [0.4, 0.5) is 11.6 Å². The van der Waals surface area contributed by atoms with Crippen molar-refractivity contribution in [2.24, 2.45) is 17.5 Å². The standard InChI is InChI=1S/C13H22N6O2/c1-2-21-8-11-16-10(18-15)7-12(17-11)19-5-3-9(4-6-19)13(14)20/h7,9H,2-6,8,15H2,1H3,(H2,14,20)(H,16,17,18). The number of rotatable bonds is 6. The van der Waals surface area contributed by atoms with E-state index in [1.54, 1.807) is 6.07 Å². The van der Waals surface area contributed by atoms with Crippen LogP contribution in [0.25, 0.3) is 0 Å². The van der Waals surface area contributed by atoms with Gasteiger partial charge in [-0.3, -0.25) is 4.79 Å². The van der Waals surface area contributed by atoms with E-state index in [0.29, 0.717) is 24.9 Å². The van der Waals surface area contributed by atoms with Crippen LogP contribution < -0.4 is 21.9 Å².